The number of aromatic nitrogens is 2. The van der Waals surface area contributed by atoms with E-state index in [9.17, 15) is 9.59 Å². The third kappa shape index (κ3) is 5.75. The van der Waals surface area contributed by atoms with E-state index in [0.29, 0.717) is 35.7 Å². The van der Waals surface area contributed by atoms with Gasteiger partial charge >= 0.3 is 0 Å². The molecule has 3 N–H and O–H groups in total. The molecule has 0 bridgehead atoms. The summed E-state index contributed by atoms with van der Waals surface area (Å²) in [4.78, 5) is 36.2. The van der Waals surface area contributed by atoms with Gasteiger partial charge in [-0.3, -0.25) is 9.59 Å². The molecule has 0 atom stereocenters. The highest BCUT2D eigenvalue weighted by Gasteiger charge is 2.29. The van der Waals surface area contributed by atoms with Crippen molar-refractivity contribution >= 4 is 40.2 Å². The monoisotopic (exact) mass is 486 g/mol. The fraction of sp³-hybridized carbons (Fsp3) is 0.429. The van der Waals surface area contributed by atoms with Gasteiger partial charge in [-0.25, -0.2) is 4.98 Å². The molecule has 8 heteroatoms. The Hall–Kier alpha value is -3.68. The molecule has 0 saturated heterocycles. The lowest BCUT2D eigenvalue weighted by atomic mass is 9.86. The van der Waals surface area contributed by atoms with Gasteiger partial charge in [0.15, 0.2) is 0 Å². The van der Waals surface area contributed by atoms with Crippen LogP contribution in [0.5, 0.6) is 0 Å². The minimum absolute atomic E-state index is 0.0463. The van der Waals surface area contributed by atoms with Crippen molar-refractivity contribution in [3.63, 3.8) is 0 Å². The first-order chi connectivity index (χ1) is 17.5. The van der Waals surface area contributed by atoms with Crippen molar-refractivity contribution in [2.45, 2.75) is 44.6 Å². The highest BCUT2D eigenvalue weighted by atomic mass is 16.2. The molecule has 0 radical (unpaired) electrons. The lowest BCUT2D eigenvalue weighted by molar-refractivity contribution is -0.117. The molecule has 0 spiro atoms. The van der Waals surface area contributed by atoms with Crippen molar-refractivity contribution in [1.82, 2.24) is 15.3 Å². The quantitative estimate of drug-likeness (QED) is 0.435. The Labute approximate surface area is 211 Å². The van der Waals surface area contributed by atoms with E-state index in [1.165, 1.54) is 0 Å². The predicted octanol–water partition coefficient (Wildman–Crippen LogP) is 4.45. The van der Waals surface area contributed by atoms with Crippen molar-refractivity contribution in [2.24, 2.45) is 11.8 Å². The van der Waals surface area contributed by atoms with Crippen LogP contribution in [0.2, 0.25) is 0 Å². The van der Waals surface area contributed by atoms with Gasteiger partial charge in [0.1, 0.15) is 5.82 Å². The lowest BCUT2D eigenvalue weighted by Gasteiger charge is -2.29. The van der Waals surface area contributed by atoms with Crippen LogP contribution in [0.4, 0.5) is 17.5 Å². The topological polar surface area (TPSA) is 99.3 Å². The summed E-state index contributed by atoms with van der Waals surface area (Å²) in [6.07, 6.45) is 5.99. The average Bonchev–Trinajstić information content (AvgIpc) is 3.73. The van der Waals surface area contributed by atoms with Gasteiger partial charge in [-0.15, -0.1) is 0 Å². The number of carbonyl (C=O) groups excluding carboxylic acids is 2. The third-order valence-corrected chi connectivity index (χ3v) is 7.08. The van der Waals surface area contributed by atoms with E-state index in [2.05, 4.69) is 22.0 Å². The van der Waals surface area contributed by atoms with Crippen molar-refractivity contribution in [1.29, 1.82) is 0 Å². The summed E-state index contributed by atoms with van der Waals surface area (Å²) >= 11 is 0. The van der Waals surface area contributed by atoms with Gasteiger partial charge in [-0.2, -0.15) is 4.98 Å². The summed E-state index contributed by atoms with van der Waals surface area (Å²) in [6.45, 7) is 0.654. The molecule has 2 aromatic carbocycles. The first-order valence-corrected chi connectivity index (χ1v) is 12.9. The number of rotatable bonds is 8. The minimum Gasteiger partial charge on any atom is -0.362 e. The highest BCUT2D eigenvalue weighted by molar-refractivity contribution is 5.98. The fourth-order valence-corrected chi connectivity index (χ4v) is 4.83. The van der Waals surface area contributed by atoms with Gasteiger partial charge in [0, 0.05) is 49.2 Å². The summed E-state index contributed by atoms with van der Waals surface area (Å²) < 4.78 is 0. The average molecular weight is 487 g/mol. The van der Waals surface area contributed by atoms with Crippen molar-refractivity contribution in [3.8, 4) is 0 Å². The molecule has 2 saturated carbocycles. The molecule has 8 nitrogen and oxygen atoms in total. The number of benzene rings is 2. The van der Waals surface area contributed by atoms with Crippen molar-refractivity contribution < 1.29 is 9.59 Å². The molecule has 5 rings (SSSR count). The molecule has 2 aliphatic carbocycles. The molecular weight excluding hydrogens is 452 g/mol. The Kier molecular flexibility index (Phi) is 7.02. The Bertz CT molecular complexity index is 1250. The normalized spacial score (nSPS) is 19.5. The van der Waals surface area contributed by atoms with E-state index in [4.69, 9.17) is 9.97 Å². The second-order valence-corrected chi connectivity index (χ2v) is 10.2. The molecule has 0 unspecified atom stereocenters. The van der Waals surface area contributed by atoms with Gasteiger partial charge in [0.2, 0.25) is 11.9 Å². The van der Waals surface area contributed by atoms with E-state index in [1.807, 2.05) is 49.3 Å². The smallest absolute Gasteiger partial charge is 0.251 e. The van der Waals surface area contributed by atoms with Crippen LogP contribution in [0.1, 0.15) is 48.9 Å². The molecule has 36 heavy (non-hydrogen) atoms. The number of carbonyl (C=O) groups is 2. The second kappa shape index (κ2) is 10.5. The molecule has 3 aromatic rings. The van der Waals surface area contributed by atoms with Crippen molar-refractivity contribution in [3.05, 3.63) is 54.1 Å². The molecule has 0 aliphatic heterocycles. The zero-order valence-corrected chi connectivity index (χ0v) is 21.0. The molecule has 2 amide bonds. The molecule has 1 heterocycles. The minimum atomic E-state index is -0.0986. The molecular formula is C28H34N6O2. The van der Waals surface area contributed by atoms with E-state index in [1.54, 1.807) is 12.1 Å². The third-order valence-electron chi connectivity index (χ3n) is 7.08. The van der Waals surface area contributed by atoms with Crippen molar-refractivity contribution in [2.75, 3.05) is 36.2 Å². The summed E-state index contributed by atoms with van der Waals surface area (Å²) in [5.41, 5.74) is 2.19. The van der Waals surface area contributed by atoms with E-state index in [0.717, 1.165) is 55.2 Å². The second-order valence-electron chi connectivity index (χ2n) is 10.2. The summed E-state index contributed by atoms with van der Waals surface area (Å²) in [5, 5.41) is 10.6. The summed E-state index contributed by atoms with van der Waals surface area (Å²) in [5.74, 6) is 2.11. The van der Waals surface area contributed by atoms with E-state index < -0.39 is 0 Å². The number of hydrogen-bond acceptors (Lipinski definition) is 6. The molecule has 188 valence electrons. The number of nitrogens with zero attached hydrogens (tertiary/aromatic N) is 3. The van der Waals surface area contributed by atoms with Gasteiger partial charge in [-0.05, 0) is 74.8 Å². The number of amides is 2. The molecule has 1 aromatic heterocycles. The maximum Gasteiger partial charge on any atom is 0.251 e. The van der Waals surface area contributed by atoms with Crippen LogP contribution in [0.25, 0.3) is 10.9 Å². The Balaban J connectivity index is 1.11. The van der Waals surface area contributed by atoms with Crippen LogP contribution in [-0.4, -0.2) is 48.5 Å². The highest BCUT2D eigenvalue weighted by Crippen LogP contribution is 2.30. The number of fused-ring (bicyclic) bond motifs is 1. The van der Waals surface area contributed by atoms with Crippen LogP contribution in [0, 0.1) is 11.8 Å². The number of nitrogens with one attached hydrogen (secondary N) is 3. The van der Waals surface area contributed by atoms with Crippen LogP contribution in [0.3, 0.4) is 0 Å². The number of anilines is 3. The van der Waals surface area contributed by atoms with Crippen LogP contribution < -0.4 is 20.9 Å². The maximum absolute atomic E-state index is 12.7. The zero-order valence-electron chi connectivity index (χ0n) is 21.0. The standard InChI is InChI=1S/C28H34N6O2/c1-34(2)25-23-8-3-4-9-24(23)32-28(33-25)31-21-14-10-18(11-15-21)17-29-26(35)20-6-5-7-22(16-20)30-27(36)19-12-13-19/h3-9,16,18-19,21H,10-15,17H2,1-2H3,(H,29,35)(H,30,36)(H,31,32,33). The SMILES string of the molecule is CN(C)c1nc(NC2CCC(CNC(=O)c3cccc(NC(=O)C4CC4)c3)CC2)nc2ccccc12. The molecule has 2 aliphatic rings. The molecule has 2 fully saturated rings. The van der Waals surface area contributed by atoms with Gasteiger partial charge in [0.05, 0.1) is 5.52 Å². The van der Waals surface area contributed by atoms with Crippen LogP contribution in [0.15, 0.2) is 48.5 Å². The van der Waals surface area contributed by atoms with Gasteiger partial charge in [0.25, 0.3) is 5.91 Å². The summed E-state index contributed by atoms with van der Waals surface area (Å²) in [7, 11) is 4.00. The van der Waals surface area contributed by atoms with E-state index >= 15 is 0 Å². The Morgan fingerprint density at radius 3 is 2.47 bits per heavy atom. The van der Waals surface area contributed by atoms with Crippen LogP contribution in [-0.2, 0) is 4.79 Å². The Morgan fingerprint density at radius 2 is 1.72 bits per heavy atom. The predicted molar refractivity (Wildman–Crippen MR) is 143 cm³/mol. The van der Waals surface area contributed by atoms with Crippen LogP contribution >= 0.6 is 0 Å². The number of para-hydroxylation sites is 1. The Morgan fingerprint density at radius 1 is 0.944 bits per heavy atom. The first kappa shape index (κ1) is 24.0. The zero-order chi connectivity index (χ0) is 25.1. The largest absolute Gasteiger partial charge is 0.362 e. The summed E-state index contributed by atoms with van der Waals surface area (Å²) in [6, 6.07) is 15.6. The maximum atomic E-state index is 12.7. The van der Waals surface area contributed by atoms with E-state index in [-0.39, 0.29) is 17.7 Å². The van der Waals surface area contributed by atoms with Gasteiger partial charge in [-0.1, -0.05) is 18.2 Å². The fourth-order valence-electron chi connectivity index (χ4n) is 4.83. The number of hydrogen-bond donors (Lipinski definition) is 3. The van der Waals surface area contributed by atoms with Gasteiger partial charge < -0.3 is 20.9 Å². The first-order valence-electron chi connectivity index (χ1n) is 12.9. The lowest BCUT2D eigenvalue weighted by Crippen LogP contribution is -2.34.